The molecule has 0 saturated heterocycles. The van der Waals surface area contributed by atoms with Crippen LogP contribution in [0, 0.1) is 17.3 Å². The largest absolute Gasteiger partial charge is 0.497 e. The zero-order chi connectivity index (χ0) is 20.8. The van der Waals surface area contributed by atoms with Crippen LogP contribution in [0.15, 0.2) is 48.5 Å². The van der Waals surface area contributed by atoms with Crippen LogP contribution in [0.3, 0.4) is 0 Å². The molecule has 0 aromatic heterocycles. The van der Waals surface area contributed by atoms with E-state index in [9.17, 15) is 4.79 Å². The van der Waals surface area contributed by atoms with E-state index in [0.29, 0.717) is 23.6 Å². The number of benzene rings is 2. The maximum absolute atomic E-state index is 13.2. The highest BCUT2D eigenvalue weighted by molar-refractivity contribution is 5.93. The molecule has 4 saturated carbocycles. The average molecular weight is 406 g/mol. The molecule has 2 atom stereocenters. The predicted octanol–water partition coefficient (Wildman–Crippen LogP) is 5.57. The molecular formula is C26H31NO3. The number of carbonyl (C=O) groups excluding carboxylic acids is 1. The summed E-state index contributed by atoms with van der Waals surface area (Å²) >= 11 is 0. The Hall–Kier alpha value is -2.49. The van der Waals surface area contributed by atoms with Gasteiger partial charge in [-0.2, -0.15) is 0 Å². The Morgan fingerprint density at radius 3 is 2.40 bits per heavy atom. The van der Waals surface area contributed by atoms with Crippen molar-refractivity contribution < 1.29 is 14.3 Å². The number of ether oxygens (including phenoxy) is 2. The van der Waals surface area contributed by atoms with Crippen LogP contribution in [0.25, 0.3) is 0 Å². The summed E-state index contributed by atoms with van der Waals surface area (Å²) in [6.07, 6.45) is 8.05. The Bertz CT molecular complexity index is 925. The van der Waals surface area contributed by atoms with Crippen LogP contribution in [0.2, 0.25) is 0 Å². The first kappa shape index (κ1) is 19.5. The molecular weight excluding hydrogens is 374 g/mol. The van der Waals surface area contributed by atoms with E-state index in [-0.39, 0.29) is 16.7 Å². The lowest BCUT2D eigenvalue weighted by Crippen LogP contribution is -2.54. The number of methoxy groups -OCH3 is 2. The Balaban J connectivity index is 1.38. The van der Waals surface area contributed by atoms with Crippen LogP contribution in [0.1, 0.15) is 50.5 Å². The first-order valence-corrected chi connectivity index (χ1v) is 11.1. The van der Waals surface area contributed by atoms with Crippen LogP contribution in [0.5, 0.6) is 11.5 Å². The molecule has 0 unspecified atom stereocenters. The summed E-state index contributed by atoms with van der Waals surface area (Å²) in [4.78, 5) is 13.2. The molecule has 2 aromatic rings. The topological polar surface area (TPSA) is 47.6 Å². The van der Waals surface area contributed by atoms with Crippen molar-refractivity contribution in [3.05, 3.63) is 54.1 Å². The van der Waals surface area contributed by atoms with Gasteiger partial charge in [0.1, 0.15) is 11.5 Å². The molecule has 4 nitrogen and oxygen atoms in total. The van der Waals surface area contributed by atoms with Crippen molar-refractivity contribution in [3.8, 4) is 11.5 Å². The van der Waals surface area contributed by atoms with Crippen LogP contribution >= 0.6 is 0 Å². The number of hydrogen-bond donors (Lipinski definition) is 1. The molecule has 6 rings (SSSR count). The van der Waals surface area contributed by atoms with E-state index in [0.717, 1.165) is 18.3 Å². The van der Waals surface area contributed by atoms with E-state index >= 15 is 0 Å². The van der Waals surface area contributed by atoms with Gasteiger partial charge in [-0.15, -0.1) is 0 Å². The number of hydrogen-bond acceptors (Lipinski definition) is 3. The third kappa shape index (κ3) is 3.36. The summed E-state index contributed by atoms with van der Waals surface area (Å²) in [5, 5.41) is 3.12. The highest BCUT2D eigenvalue weighted by Crippen LogP contribution is 2.66. The first-order chi connectivity index (χ1) is 14.5. The van der Waals surface area contributed by atoms with Crippen LogP contribution < -0.4 is 14.8 Å². The third-order valence-corrected chi connectivity index (χ3v) is 7.78. The Morgan fingerprint density at radius 2 is 1.73 bits per heavy atom. The van der Waals surface area contributed by atoms with Gasteiger partial charge >= 0.3 is 0 Å². The van der Waals surface area contributed by atoms with Crippen LogP contribution in [-0.2, 0) is 10.2 Å². The van der Waals surface area contributed by atoms with Crippen molar-refractivity contribution >= 4 is 11.6 Å². The first-order valence-electron chi connectivity index (χ1n) is 11.1. The molecule has 158 valence electrons. The highest BCUT2D eigenvalue weighted by Gasteiger charge is 2.58. The van der Waals surface area contributed by atoms with Gasteiger partial charge in [0.05, 0.1) is 19.9 Å². The van der Waals surface area contributed by atoms with E-state index in [2.05, 4.69) is 35.6 Å². The summed E-state index contributed by atoms with van der Waals surface area (Å²) in [7, 11) is 3.26. The Morgan fingerprint density at radius 1 is 1.00 bits per heavy atom. The quantitative estimate of drug-likeness (QED) is 0.683. The van der Waals surface area contributed by atoms with E-state index in [1.54, 1.807) is 14.2 Å². The lowest BCUT2D eigenvalue weighted by atomic mass is 9.42. The predicted molar refractivity (Wildman–Crippen MR) is 118 cm³/mol. The fraction of sp³-hybridized carbons (Fsp3) is 0.500. The van der Waals surface area contributed by atoms with Crippen molar-refractivity contribution in [2.75, 3.05) is 19.5 Å². The van der Waals surface area contributed by atoms with Crippen molar-refractivity contribution in [1.82, 2.24) is 0 Å². The smallest absolute Gasteiger partial charge is 0.225 e. The molecule has 0 aliphatic heterocycles. The molecule has 2 aromatic carbocycles. The molecule has 0 radical (unpaired) electrons. The van der Waals surface area contributed by atoms with Crippen LogP contribution in [0.4, 0.5) is 5.69 Å². The minimum absolute atomic E-state index is 0.0896. The fourth-order valence-electron chi connectivity index (χ4n) is 7.24. The third-order valence-electron chi connectivity index (χ3n) is 7.78. The van der Waals surface area contributed by atoms with E-state index < -0.39 is 0 Å². The molecule has 4 fully saturated rings. The lowest BCUT2D eigenvalue weighted by Gasteiger charge is -2.62. The highest BCUT2D eigenvalue weighted by atomic mass is 16.5. The molecule has 1 N–H and O–H groups in total. The second-order valence-corrected chi connectivity index (χ2v) is 9.90. The summed E-state index contributed by atoms with van der Waals surface area (Å²) in [6, 6.07) is 16.6. The van der Waals surface area contributed by atoms with E-state index in [1.165, 1.54) is 37.7 Å². The minimum Gasteiger partial charge on any atom is -0.497 e. The van der Waals surface area contributed by atoms with Gasteiger partial charge < -0.3 is 14.8 Å². The van der Waals surface area contributed by atoms with Crippen molar-refractivity contribution in [2.45, 2.75) is 50.4 Å². The molecule has 4 aliphatic rings. The normalized spacial score (nSPS) is 31.4. The monoisotopic (exact) mass is 405 g/mol. The van der Waals surface area contributed by atoms with Gasteiger partial charge in [-0.05, 0) is 78.9 Å². The second kappa shape index (κ2) is 7.33. The van der Waals surface area contributed by atoms with Crippen molar-refractivity contribution in [1.29, 1.82) is 0 Å². The van der Waals surface area contributed by atoms with Crippen LogP contribution in [-0.4, -0.2) is 20.1 Å². The fourth-order valence-corrected chi connectivity index (χ4v) is 7.24. The molecule has 4 bridgehead atoms. The van der Waals surface area contributed by atoms with Gasteiger partial charge in [0.2, 0.25) is 5.91 Å². The number of carbonyl (C=O) groups is 1. The Kier molecular flexibility index (Phi) is 4.76. The van der Waals surface area contributed by atoms with Gasteiger partial charge in [0, 0.05) is 12.5 Å². The summed E-state index contributed by atoms with van der Waals surface area (Å²) in [5.74, 6) is 2.97. The average Bonchev–Trinajstić information content (AvgIpc) is 2.73. The maximum atomic E-state index is 13.2. The molecule has 4 aliphatic carbocycles. The van der Waals surface area contributed by atoms with Gasteiger partial charge in [0.15, 0.2) is 0 Å². The van der Waals surface area contributed by atoms with Gasteiger partial charge in [-0.1, -0.05) is 30.3 Å². The maximum Gasteiger partial charge on any atom is 0.225 e. The van der Waals surface area contributed by atoms with E-state index in [4.69, 9.17) is 9.47 Å². The summed E-state index contributed by atoms with van der Waals surface area (Å²) in [6.45, 7) is 0. The minimum atomic E-state index is 0.0896. The lowest BCUT2D eigenvalue weighted by molar-refractivity contribution is -0.126. The summed E-state index contributed by atoms with van der Waals surface area (Å²) < 4.78 is 10.8. The zero-order valence-electron chi connectivity index (χ0n) is 17.9. The standard InChI is InChI=1S/C26H31NO3/c1-29-21-8-9-23(30-2)22(11-21)27-24(28)16-25-12-18-10-19(13-25)15-26(14-18,17-25)20-6-4-3-5-7-20/h3-9,11,18-19H,10,12-17H2,1-2H3,(H,27,28)/t18-,19-,25?,26?/m1/s1. The number of nitrogens with one attached hydrogen (secondary N) is 1. The van der Waals surface area contributed by atoms with Gasteiger partial charge in [0.25, 0.3) is 0 Å². The number of amides is 1. The SMILES string of the molecule is COc1ccc(OC)c(NC(=O)CC23C[C@H]4C[C@H](C2)CC(c2ccccc2)(C4)C3)c1. The molecule has 0 heterocycles. The second-order valence-electron chi connectivity index (χ2n) is 9.90. The number of rotatable bonds is 6. The van der Waals surface area contributed by atoms with Gasteiger partial charge in [-0.25, -0.2) is 0 Å². The van der Waals surface area contributed by atoms with Crippen molar-refractivity contribution in [3.63, 3.8) is 0 Å². The number of anilines is 1. The molecule has 0 spiro atoms. The van der Waals surface area contributed by atoms with Gasteiger partial charge in [-0.3, -0.25) is 4.79 Å². The zero-order valence-corrected chi connectivity index (χ0v) is 17.9. The molecule has 30 heavy (non-hydrogen) atoms. The van der Waals surface area contributed by atoms with Crippen molar-refractivity contribution in [2.24, 2.45) is 17.3 Å². The molecule has 1 amide bonds. The Labute approximate surface area is 179 Å². The summed E-state index contributed by atoms with van der Waals surface area (Å²) in [5.41, 5.74) is 2.55. The molecule has 4 heteroatoms. The van der Waals surface area contributed by atoms with E-state index in [1.807, 2.05) is 18.2 Å².